The topological polar surface area (TPSA) is 55.8 Å². The van der Waals surface area contributed by atoms with Crippen molar-refractivity contribution in [3.05, 3.63) is 59.2 Å². The molecular weight excluding hydrogens is 268 g/mol. The zero-order chi connectivity index (χ0) is 15.2. The smallest absolute Gasteiger partial charge is 0.337 e. The van der Waals surface area contributed by atoms with Crippen molar-refractivity contribution in [2.45, 2.75) is 0 Å². The van der Waals surface area contributed by atoms with E-state index in [-0.39, 0.29) is 5.75 Å². The summed E-state index contributed by atoms with van der Waals surface area (Å²) < 4.78 is 9.90. The molecule has 0 aliphatic rings. The Bertz CT molecular complexity index is 706. The molecule has 0 saturated carbocycles. The fourth-order valence-electron chi connectivity index (χ4n) is 1.72. The number of carbonyl (C=O) groups excluding carboxylic acids is 1. The van der Waals surface area contributed by atoms with E-state index in [4.69, 9.17) is 4.74 Å². The van der Waals surface area contributed by atoms with Crippen molar-refractivity contribution in [2.75, 3.05) is 14.2 Å². The van der Waals surface area contributed by atoms with E-state index in [9.17, 15) is 9.90 Å². The Balaban J connectivity index is 2.32. The van der Waals surface area contributed by atoms with Crippen LogP contribution >= 0.6 is 0 Å². The van der Waals surface area contributed by atoms with Crippen LogP contribution in [0.1, 0.15) is 21.5 Å². The molecule has 2 aromatic rings. The lowest BCUT2D eigenvalue weighted by Crippen LogP contribution is -2.02. The maximum Gasteiger partial charge on any atom is 0.337 e. The van der Waals surface area contributed by atoms with E-state index in [1.807, 2.05) is 0 Å². The largest absolute Gasteiger partial charge is 0.508 e. The lowest BCUT2D eigenvalue weighted by Gasteiger charge is -2.05. The number of ether oxygens (including phenoxy) is 2. The number of methoxy groups -OCH3 is 2. The van der Waals surface area contributed by atoms with E-state index in [1.54, 1.807) is 42.5 Å². The lowest BCUT2D eigenvalue weighted by atomic mass is 10.1. The van der Waals surface area contributed by atoms with Gasteiger partial charge in [0, 0.05) is 5.56 Å². The quantitative estimate of drug-likeness (QED) is 0.679. The minimum atomic E-state index is -0.425. The Morgan fingerprint density at radius 3 is 2.38 bits per heavy atom. The predicted molar refractivity (Wildman–Crippen MR) is 78.4 cm³/mol. The van der Waals surface area contributed by atoms with E-state index in [2.05, 4.69) is 16.6 Å². The third-order valence-corrected chi connectivity index (χ3v) is 2.83. The monoisotopic (exact) mass is 282 g/mol. The Morgan fingerprint density at radius 1 is 1.05 bits per heavy atom. The van der Waals surface area contributed by atoms with E-state index < -0.39 is 5.97 Å². The lowest BCUT2D eigenvalue weighted by molar-refractivity contribution is 0.0600. The molecule has 2 aromatic carbocycles. The molecule has 4 nitrogen and oxygen atoms in total. The van der Waals surface area contributed by atoms with Gasteiger partial charge in [0.15, 0.2) is 0 Å². The van der Waals surface area contributed by atoms with Crippen LogP contribution in [0.2, 0.25) is 0 Å². The molecule has 0 unspecified atom stereocenters. The molecule has 0 saturated heterocycles. The van der Waals surface area contributed by atoms with Crippen molar-refractivity contribution < 1.29 is 19.4 Å². The number of phenolic OH excluding ortho intramolecular Hbond substituents is 1. The third kappa shape index (κ3) is 3.54. The molecule has 0 amide bonds. The number of carbonyl (C=O) groups is 1. The fraction of sp³-hybridized carbons (Fsp3) is 0.118. The van der Waals surface area contributed by atoms with Crippen LogP contribution in [0.3, 0.4) is 0 Å². The maximum atomic E-state index is 11.5. The highest BCUT2D eigenvalue weighted by Gasteiger charge is 2.09. The molecule has 2 rings (SSSR count). The molecule has 0 bridgehead atoms. The number of hydrogen-bond acceptors (Lipinski definition) is 4. The first-order valence-electron chi connectivity index (χ1n) is 6.21. The Hall–Kier alpha value is -2.93. The van der Waals surface area contributed by atoms with Gasteiger partial charge in [-0.25, -0.2) is 4.79 Å². The summed E-state index contributed by atoms with van der Waals surface area (Å²) in [4.78, 5) is 11.5. The number of hydrogen-bond donors (Lipinski definition) is 1. The molecule has 0 spiro atoms. The van der Waals surface area contributed by atoms with Crippen molar-refractivity contribution >= 4 is 5.97 Å². The number of esters is 1. The van der Waals surface area contributed by atoms with Crippen molar-refractivity contribution in [3.63, 3.8) is 0 Å². The summed E-state index contributed by atoms with van der Waals surface area (Å²) in [6, 6.07) is 11.5. The molecular formula is C17H14O4. The second kappa shape index (κ2) is 6.49. The fourth-order valence-corrected chi connectivity index (χ4v) is 1.72. The zero-order valence-corrected chi connectivity index (χ0v) is 11.7. The Kier molecular flexibility index (Phi) is 4.47. The second-order valence-electron chi connectivity index (χ2n) is 4.20. The maximum absolute atomic E-state index is 11.5. The summed E-state index contributed by atoms with van der Waals surface area (Å²) in [6.45, 7) is 0. The van der Waals surface area contributed by atoms with Crippen LogP contribution in [0.4, 0.5) is 0 Å². The first kappa shape index (κ1) is 14.5. The first-order valence-corrected chi connectivity index (χ1v) is 6.21. The molecule has 0 aliphatic heterocycles. The summed E-state index contributed by atoms with van der Waals surface area (Å²) in [5.74, 6) is 6.22. The normalized spacial score (nSPS) is 9.43. The highest BCUT2D eigenvalue weighted by Crippen LogP contribution is 2.20. The molecule has 0 aliphatic carbocycles. The summed E-state index contributed by atoms with van der Waals surface area (Å²) in [6.07, 6.45) is 0. The van der Waals surface area contributed by atoms with E-state index in [0.717, 1.165) is 5.56 Å². The van der Waals surface area contributed by atoms with E-state index >= 15 is 0 Å². The van der Waals surface area contributed by atoms with E-state index in [1.165, 1.54) is 14.2 Å². The van der Waals surface area contributed by atoms with Gasteiger partial charge in [-0.05, 0) is 42.5 Å². The van der Waals surface area contributed by atoms with Crippen molar-refractivity contribution in [2.24, 2.45) is 0 Å². The van der Waals surface area contributed by atoms with Crippen molar-refractivity contribution in [1.82, 2.24) is 0 Å². The highest BCUT2D eigenvalue weighted by molar-refractivity contribution is 5.90. The molecule has 0 atom stereocenters. The number of aromatic hydroxyl groups is 1. The van der Waals surface area contributed by atoms with Gasteiger partial charge in [-0.1, -0.05) is 11.8 Å². The van der Waals surface area contributed by atoms with Gasteiger partial charge < -0.3 is 14.6 Å². The summed E-state index contributed by atoms with van der Waals surface area (Å²) in [5.41, 5.74) is 1.84. The van der Waals surface area contributed by atoms with Crippen LogP contribution in [-0.2, 0) is 4.74 Å². The summed E-state index contributed by atoms with van der Waals surface area (Å²) in [5, 5.41) is 9.22. The van der Waals surface area contributed by atoms with Gasteiger partial charge in [0.25, 0.3) is 0 Å². The standard InChI is InChI=1S/C17H14O4/c1-20-16-11-14(17(19)21-2)8-7-13(16)6-3-12-4-9-15(18)10-5-12/h4-5,7-11,18H,1-2H3. The number of benzene rings is 2. The predicted octanol–water partition coefficient (Wildman–Crippen LogP) is 2.59. The van der Waals surface area contributed by atoms with Gasteiger partial charge >= 0.3 is 5.97 Å². The van der Waals surface area contributed by atoms with Crippen LogP contribution in [0.15, 0.2) is 42.5 Å². The second-order valence-corrected chi connectivity index (χ2v) is 4.20. The third-order valence-electron chi connectivity index (χ3n) is 2.83. The van der Waals surface area contributed by atoms with E-state index in [0.29, 0.717) is 16.9 Å². The Morgan fingerprint density at radius 2 is 1.76 bits per heavy atom. The highest BCUT2D eigenvalue weighted by atomic mass is 16.5. The minimum absolute atomic E-state index is 0.195. The van der Waals surface area contributed by atoms with Gasteiger partial charge in [0.2, 0.25) is 0 Å². The molecule has 0 fully saturated rings. The van der Waals surface area contributed by atoms with Crippen LogP contribution in [0.25, 0.3) is 0 Å². The molecule has 106 valence electrons. The summed E-state index contributed by atoms with van der Waals surface area (Å²) in [7, 11) is 2.84. The average molecular weight is 282 g/mol. The van der Waals surface area contributed by atoms with Gasteiger partial charge in [0.1, 0.15) is 11.5 Å². The van der Waals surface area contributed by atoms with Gasteiger partial charge in [-0.3, -0.25) is 0 Å². The molecule has 1 N–H and O–H groups in total. The SMILES string of the molecule is COC(=O)c1ccc(C#Cc2ccc(O)cc2)c(OC)c1. The molecule has 0 heterocycles. The van der Waals surface area contributed by atoms with Gasteiger partial charge in [-0.15, -0.1) is 0 Å². The summed E-state index contributed by atoms with van der Waals surface area (Å²) >= 11 is 0. The molecule has 21 heavy (non-hydrogen) atoms. The molecule has 4 heteroatoms. The Labute approximate surface area is 122 Å². The van der Waals surface area contributed by atoms with Gasteiger partial charge in [-0.2, -0.15) is 0 Å². The van der Waals surface area contributed by atoms with Crippen molar-refractivity contribution in [1.29, 1.82) is 0 Å². The van der Waals surface area contributed by atoms with Crippen LogP contribution in [0.5, 0.6) is 11.5 Å². The molecule has 0 aromatic heterocycles. The number of phenols is 1. The van der Waals surface area contributed by atoms with Crippen molar-refractivity contribution in [3.8, 4) is 23.3 Å². The first-order chi connectivity index (χ1) is 10.1. The molecule has 0 radical (unpaired) electrons. The van der Waals surface area contributed by atoms with Crippen LogP contribution in [0, 0.1) is 11.8 Å². The average Bonchev–Trinajstić information content (AvgIpc) is 2.53. The number of rotatable bonds is 2. The van der Waals surface area contributed by atoms with Crippen LogP contribution < -0.4 is 4.74 Å². The van der Waals surface area contributed by atoms with Crippen LogP contribution in [-0.4, -0.2) is 25.3 Å². The minimum Gasteiger partial charge on any atom is -0.508 e. The zero-order valence-electron chi connectivity index (χ0n) is 11.7. The van der Waals surface area contributed by atoms with Gasteiger partial charge in [0.05, 0.1) is 25.3 Å².